The molecule has 3 aliphatic rings. The lowest BCUT2D eigenvalue weighted by molar-refractivity contribution is -0.153. The van der Waals surface area contributed by atoms with Crippen molar-refractivity contribution in [2.75, 3.05) is 33.1 Å². The molecular formula is C29H35N3O7. The molecule has 0 radical (unpaired) electrons. The molecule has 1 aromatic carbocycles. The fourth-order valence-corrected chi connectivity index (χ4v) is 6.21. The molecule has 0 heterocycles. The largest absolute Gasteiger partial charge is 0.508 e. The van der Waals surface area contributed by atoms with Gasteiger partial charge in [-0.15, -0.1) is 0 Å². The Morgan fingerprint density at radius 2 is 1.85 bits per heavy atom. The summed E-state index contributed by atoms with van der Waals surface area (Å²) in [6, 6.07) is 0.622. The Morgan fingerprint density at radius 1 is 1.18 bits per heavy atom. The van der Waals surface area contributed by atoms with Gasteiger partial charge >= 0.3 is 0 Å². The Balaban J connectivity index is 1.96. The second-order valence-corrected chi connectivity index (χ2v) is 10.9. The number of nitrogens with zero attached hydrogens (tertiary/aromatic N) is 2. The van der Waals surface area contributed by atoms with Crippen LogP contribution in [0.2, 0.25) is 0 Å². The number of unbranched alkanes of at least 4 members (excludes halogenated alkanes) is 2. The minimum absolute atomic E-state index is 0.0391. The topological polar surface area (TPSA) is 165 Å². The highest BCUT2D eigenvalue weighted by atomic mass is 16.3. The first kappa shape index (κ1) is 28.2. The first-order chi connectivity index (χ1) is 18.3. The highest BCUT2D eigenvalue weighted by Gasteiger charge is 2.64. The monoisotopic (exact) mass is 537 g/mol. The van der Waals surface area contributed by atoms with E-state index in [2.05, 4.69) is 11.8 Å². The zero-order valence-corrected chi connectivity index (χ0v) is 22.8. The maximum absolute atomic E-state index is 14.0. The van der Waals surface area contributed by atoms with Crippen LogP contribution in [0.1, 0.15) is 49.3 Å². The predicted octanol–water partition coefficient (Wildman–Crippen LogP) is 1.57. The molecule has 3 aliphatic carbocycles. The number of Topliss-reactive ketones (excluding diaryl/α,β-unsaturated/α-hetero) is 2. The summed E-state index contributed by atoms with van der Waals surface area (Å²) in [5.74, 6) is -0.749. The van der Waals surface area contributed by atoms with Crippen LogP contribution in [-0.4, -0.2) is 82.6 Å². The molecule has 4 rings (SSSR count). The zero-order chi connectivity index (χ0) is 29.0. The number of carbonyl (C=O) groups is 3. The summed E-state index contributed by atoms with van der Waals surface area (Å²) < 4.78 is 0. The van der Waals surface area contributed by atoms with E-state index in [0.717, 1.165) is 12.8 Å². The van der Waals surface area contributed by atoms with Gasteiger partial charge in [-0.2, -0.15) is 0 Å². The van der Waals surface area contributed by atoms with Crippen molar-refractivity contribution in [1.29, 1.82) is 0 Å². The van der Waals surface area contributed by atoms with Crippen LogP contribution >= 0.6 is 0 Å². The van der Waals surface area contributed by atoms with E-state index in [1.54, 1.807) is 20.2 Å². The third-order valence-corrected chi connectivity index (χ3v) is 8.06. The van der Waals surface area contributed by atoms with Crippen LogP contribution in [0.4, 0.5) is 5.69 Å². The molecule has 1 fully saturated rings. The number of aromatic hydroxyl groups is 1. The lowest BCUT2D eigenvalue weighted by atomic mass is 9.57. The van der Waals surface area contributed by atoms with Gasteiger partial charge in [-0.05, 0) is 50.9 Å². The quantitative estimate of drug-likeness (QED) is 0.213. The van der Waals surface area contributed by atoms with Gasteiger partial charge in [-0.3, -0.25) is 19.3 Å². The SMILES string of the molecule is CCCCC#Cc1cc(N(C)C)c2c(c1O)C(O)=C1C(=O)[C@]3(O)C(O)=C(C(N)=O)C(=O)[C@@H](N(C)C)[C@@H]3C[C@@H]1C2. The Morgan fingerprint density at radius 3 is 2.41 bits per heavy atom. The van der Waals surface area contributed by atoms with Crippen molar-refractivity contribution in [1.82, 2.24) is 4.90 Å². The second-order valence-electron chi connectivity index (χ2n) is 10.9. The van der Waals surface area contributed by atoms with Gasteiger partial charge in [-0.1, -0.05) is 25.2 Å². The Hall–Kier alpha value is -3.81. The molecule has 6 N–H and O–H groups in total. The van der Waals surface area contributed by atoms with Crippen molar-refractivity contribution in [3.63, 3.8) is 0 Å². The van der Waals surface area contributed by atoms with Crippen LogP contribution in [0.5, 0.6) is 5.75 Å². The number of carbonyl (C=O) groups excluding carboxylic acids is 3. The maximum atomic E-state index is 14.0. The second kappa shape index (κ2) is 10.1. The van der Waals surface area contributed by atoms with E-state index in [9.17, 15) is 34.8 Å². The maximum Gasteiger partial charge on any atom is 0.255 e. The van der Waals surface area contributed by atoms with Crippen LogP contribution in [0, 0.1) is 23.7 Å². The highest BCUT2D eigenvalue weighted by molar-refractivity contribution is 6.24. The van der Waals surface area contributed by atoms with Crippen molar-refractivity contribution >= 4 is 28.9 Å². The smallest absolute Gasteiger partial charge is 0.255 e. The van der Waals surface area contributed by atoms with Gasteiger partial charge < -0.3 is 31.1 Å². The molecular weight excluding hydrogens is 502 g/mol. The number of aliphatic hydroxyl groups is 3. The van der Waals surface area contributed by atoms with Crippen molar-refractivity contribution in [3.8, 4) is 17.6 Å². The van der Waals surface area contributed by atoms with Gasteiger partial charge in [0.1, 0.15) is 22.8 Å². The van der Waals surface area contributed by atoms with E-state index in [1.807, 2.05) is 25.9 Å². The molecule has 10 nitrogen and oxygen atoms in total. The summed E-state index contributed by atoms with van der Waals surface area (Å²) in [5.41, 5.74) is 3.31. The predicted molar refractivity (Wildman–Crippen MR) is 145 cm³/mol. The number of benzene rings is 1. The molecule has 0 unspecified atom stereocenters. The molecule has 1 aromatic rings. The number of anilines is 1. The fourth-order valence-electron chi connectivity index (χ4n) is 6.21. The number of amides is 1. The van der Waals surface area contributed by atoms with Crippen molar-refractivity contribution in [3.05, 3.63) is 39.7 Å². The third-order valence-electron chi connectivity index (χ3n) is 8.06. The average Bonchev–Trinajstić information content (AvgIpc) is 2.84. The number of primary amides is 1. The number of hydrogen-bond donors (Lipinski definition) is 5. The van der Waals surface area contributed by atoms with Gasteiger partial charge in [0.05, 0.1) is 17.2 Å². The number of phenolic OH excluding ortho intramolecular Hbond substituents is 1. The molecule has 0 aromatic heterocycles. The third kappa shape index (κ3) is 4.17. The fraction of sp³-hybridized carbons (Fsp3) is 0.483. The Labute approximate surface area is 227 Å². The molecule has 0 bridgehead atoms. The lowest BCUT2D eigenvalue weighted by Crippen LogP contribution is -2.65. The average molecular weight is 538 g/mol. The minimum atomic E-state index is -2.66. The number of hydrogen-bond acceptors (Lipinski definition) is 9. The van der Waals surface area contributed by atoms with Gasteiger partial charge in [0, 0.05) is 37.7 Å². The van der Waals surface area contributed by atoms with Gasteiger partial charge in [0.2, 0.25) is 5.78 Å². The number of rotatable bonds is 5. The normalized spacial score (nSPS) is 26.1. The zero-order valence-electron chi connectivity index (χ0n) is 22.8. The summed E-state index contributed by atoms with van der Waals surface area (Å²) in [7, 11) is 6.77. The van der Waals surface area contributed by atoms with Gasteiger partial charge in [0.25, 0.3) is 5.91 Å². The standard InChI is InChI=1S/C29H35N3O7/c1-6-7-8-9-10-14-13-18(31(2)3)16-11-15-12-17-22(32(4)5)25(35)21(28(30)38)27(37)29(17,39)26(36)19(15)24(34)20(16)23(14)33/h13,15,17,22,33-34,37,39H,6-8,11-12H2,1-5H3,(H2,30,38)/t15-,17-,22-,29-/m0/s1. The van der Waals surface area contributed by atoms with Crippen molar-refractivity contribution < 1.29 is 34.8 Å². The number of fused-ring (bicyclic) bond motifs is 3. The molecule has 4 atom stereocenters. The van der Waals surface area contributed by atoms with Gasteiger partial charge in [0.15, 0.2) is 11.4 Å². The van der Waals surface area contributed by atoms with E-state index in [4.69, 9.17) is 5.73 Å². The Kier molecular flexibility index (Phi) is 7.27. The number of phenols is 1. The summed E-state index contributed by atoms with van der Waals surface area (Å²) in [6.07, 6.45) is 2.75. The lowest BCUT2D eigenvalue weighted by Gasteiger charge is -2.50. The molecule has 39 heavy (non-hydrogen) atoms. The highest BCUT2D eigenvalue weighted by Crippen LogP contribution is 2.54. The number of likely N-dealkylation sites (N-methyl/N-ethyl adjacent to an activating group) is 1. The van der Waals surface area contributed by atoms with Crippen LogP contribution in [0.3, 0.4) is 0 Å². The summed E-state index contributed by atoms with van der Waals surface area (Å²) in [5, 5.41) is 45.4. The molecule has 208 valence electrons. The van der Waals surface area contributed by atoms with Gasteiger partial charge in [-0.25, -0.2) is 0 Å². The Bertz CT molecular complexity index is 1400. The van der Waals surface area contributed by atoms with E-state index >= 15 is 0 Å². The number of aliphatic hydroxyl groups excluding tert-OH is 2. The molecule has 1 saturated carbocycles. The first-order valence-electron chi connectivity index (χ1n) is 13.0. The van der Waals surface area contributed by atoms with Crippen molar-refractivity contribution in [2.24, 2.45) is 17.6 Å². The minimum Gasteiger partial charge on any atom is -0.508 e. The van der Waals surface area contributed by atoms with E-state index in [0.29, 0.717) is 17.7 Å². The van der Waals surface area contributed by atoms with Crippen molar-refractivity contribution in [2.45, 2.75) is 50.7 Å². The molecule has 0 saturated heterocycles. The molecule has 10 heteroatoms. The van der Waals surface area contributed by atoms with Crippen LogP contribution in [-0.2, 0) is 20.8 Å². The van der Waals surface area contributed by atoms with Crippen LogP contribution in [0.15, 0.2) is 23.0 Å². The summed E-state index contributed by atoms with van der Waals surface area (Å²) in [6.45, 7) is 2.05. The van der Waals surface area contributed by atoms with E-state index in [-0.39, 0.29) is 35.3 Å². The van der Waals surface area contributed by atoms with E-state index < -0.39 is 58.0 Å². The van der Waals surface area contributed by atoms with Crippen LogP contribution in [0.25, 0.3) is 5.76 Å². The first-order valence-corrected chi connectivity index (χ1v) is 13.0. The summed E-state index contributed by atoms with van der Waals surface area (Å²) in [4.78, 5) is 42.6. The number of nitrogens with two attached hydrogens (primary N) is 1. The molecule has 0 spiro atoms. The molecule has 0 aliphatic heterocycles. The summed E-state index contributed by atoms with van der Waals surface area (Å²) >= 11 is 0. The van der Waals surface area contributed by atoms with E-state index in [1.165, 1.54) is 4.90 Å². The number of ketones is 2. The molecule has 1 amide bonds. The van der Waals surface area contributed by atoms with Crippen LogP contribution < -0.4 is 10.6 Å².